The van der Waals surface area contributed by atoms with Crippen molar-refractivity contribution in [2.24, 2.45) is 0 Å². The molecule has 2 fully saturated rings. The third-order valence-corrected chi connectivity index (χ3v) is 9.72. The molecule has 4 heterocycles. The van der Waals surface area contributed by atoms with Crippen molar-refractivity contribution in [3.8, 4) is 12.1 Å². The van der Waals surface area contributed by atoms with Gasteiger partial charge >= 0.3 is 12.0 Å². The van der Waals surface area contributed by atoms with Crippen LogP contribution in [0.1, 0.15) is 43.4 Å². The van der Waals surface area contributed by atoms with Gasteiger partial charge in [0.1, 0.15) is 12.4 Å². The Morgan fingerprint density at radius 2 is 2.00 bits per heavy atom. The Hall–Kier alpha value is -3.69. The zero-order chi connectivity index (χ0) is 32.6. The zero-order valence-corrected chi connectivity index (χ0v) is 27.9. The molecular formula is C35H44ClN7O4. The Bertz CT molecular complexity index is 1580. The molecule has 1 aromatic heterocycles. The largest absolute Gasteiger partial charge is 0.469 e. The van der Waals surface area contributed by atoms with E-state index in [1.54, 1.807) is 0 Å². The highest BCUT2D eigenvalue weighted by atomic mass is 35.5. The van der Waals surface area contributed by atoms with Crippen LogP contribution in [0.4, 0.5) is 11.5 Å². The summed E-state index contributed by atoms with van der Waals surface area (Å²) in [5, 5.41) is 15.8. The molecule has 0 bridgehead atoms. The minimum Gasteiger partial charge on any atom is -0.469 e. The molecule has 3 aromatic rings. The fourth-order valence-corrected chi connectivity index (χ4v) is 7.28. The molecule has 0 radical (unpaired) electrons. The van der Waals surface area contributed by atoms with Crippen LogP contribution in [0.25, 0.3) is 10.8 Å². The Labute approximate surface area is 281 Å². The highest BCUT2D eigenvalue weighted by Crippen LogP contribution is 2.37. The van der Waals surface area contributed by atoms with Crippen LogP contribution < -0.4 is 19.9 Å². The number of rotatable bonds is 13. The summed E-state index contributed by atoms with van der Waals surface area (Å²) < 4.78 is 16.7. The van der Waals surface area contributed by atoms with E-state index >= 15 is 0 Å². The fourth-order valence-electron chi connectivity index (χ4n) is 7.00. The number of hydrogen-bond donors (Lipinski definition) is 1. The molecule has 47 heavy (non-hydrogen) atoms. The molecule has 0 spiro atoms. The van der Waals surface area contributed by atoms with E-state index in [-0.39, 0.29) is 24.5 Å². The first-order valence-electron chi connectivity index (χ1n) is 16.7. The minimum atomic E-state index is -0.251. The predicted octanol–water partition coefficient (Wildman–Crippen LogP) is 4.35. The molecule has 0 aliphatic carbocycles. The van der Waals surface area contributed by atoms with Gasteiger partial charge in [-0.3, -0.25) is 9.69 Å². The zero-order valence-electron chi connectivity index (χ0n) is 27.1. The lowest BCUT2D eigenvalue weighted by molar-refractivity contribution is -0.141. The van der Waals surface area contributed by atoms with Crippen LogP contribution in [0.5, 0.6) is 6.01 Å². The number of carbonyl (C=O) groups is 1. The topological polar surface area (TPSA) is 116 Å². The molecule has 12 heteroatoms. The average Bonchev–Trinajstić information content (AvgIpc) is 3.55. The number of likely N-dealkylation sites (tertiary alicyclic amines) is 1. The smallest absolute Gasteiger partial charge is 0.318 e. The molecule has 3 aliphatic rings. The van der Waals surface area contributed by atoms with E-state index in [1.165, 1.54) is 7.11 Å². The summed E-state index contributed by atoms with van der Waals surface area (Å²) in [6.07, 6.45) is 4.60. The maximum absolute atomic E-state index is 11.3. The summed E-state index contributed by atoms with van der Waals surface area (Å²) in [6.45, 7) is 7.22. The number of nitrogens with one attached hydrogen (secondary N) is 1. The summed E-state index contributed by atoms with van der Waals surface area (Å²) in [5.41, 5.74) is 3.24. The van der Waals surface area contributed by atoms with E-state index in [2.05, 4.69) is 55.1 Å². The highest BCUT2D eigenvalue weighted by Gasteiger charge is 2.30. The number of carbonyl (C=O) groups excluding carboxylic acids is 1. The second-order valence-electron chi connectivity index (χ2n) is 12.4. The van der Waals surface area contributed by atoms with Crippen LogP contribution in [-0.2, 0) is 27.2 Å². The number of nitrogens with zero attached hydrogens (tertiary/aromatic N) is 6. The van der Waals surface area contributed by atoms with Gasteiger partial charge in [0.25, 0.3) is 0 Å². The van der Waals surface area contributed by atoms with E-state index in [1.807, 2.05) is 12.1 Å². The molecule has 2 saturated heterocycles. The number of piperazine rings is 1. The molecule has 0 amide bonds. The summed E-state index contributed by atoms with van der Waals surface area (Å²) in [5.74, 6) is 0.677. The lowest BCUT2D eigenvalue weighted by Gasteiger charge is -2.37. The van der Waals surface area contributed by atoms with Crippen molar-refractivity contribution in [3.63, 3.8) is 0 Å². The number of benzene rings is 2. The van der Waals surface area contributed by atoms with Gasteiger partial charge in [0, 0.05) is 68.1 Å². The molecular weight excluding hydrogens is 618 g/mol. The van der Waals surface area contributed by atoms with Gasteiger partial charge in [0.2, 0.25) is 0 Å². The van der Waals surface area contributed by atoms with Crippen molar-refractivity contribution in [1.29, 1.82) is 5.26 Å². The van der Waals surface area contributed by atoms with E-state index in [4.69, 9.17) is 31.0 Å². The molecule has 2 unspecified atom stereocenters. The van der Waals surface area contributed by atoms with Gasteiger partial charge in [-0.05, 0) is 49.7 Å². The first kappa shape index (κ1) is 33.2. The first-order chi connectivity index (χ1) is 23.0. The second kappa shape index (κ2) is 15.9. The summed E-state index contributed by atoms with van der Waals surface area (Å²) >= 11 is 6.72. The fraction of sp³-hybridized carbons (Fsp3) is 0.543. The average molecular weight is 662 g/mol. The van der Waals surface area contributed by atoms with Gasteiger partial charge in [-0.1, -0.05) is 35.9 Å². The van der Waals surface area contributed by atoms with Crippen LogP contribution in [0.3, 0.4) is 0 Å². The monoisotopic (exact) mass is 661 g/mol. The second-order valence-corrected chi connectivity index (χ2v) is 12.8. The predicted molar refractivity (Wildman–Crippen MR) is 182 cm³/mol. The van der Waals surface area contributed by atoms with Gasteiger partial charge < -0.3 is 29.3 Å². The number of anilines is 2. The summed E-state index contributed by atoms with van der Waals surface area (Å²) in [4.78, 5) is 28.5. The van der Waals surface area contributed by atoms with Gasteiger partial charge in [-0.2, -0.15) is 15.2 Å². The number of nitriles is 1. The molecule has 0 saturated carbocycles. The third-order valence-electron chi connectivity index (χ3n) is 9.40. The van der Waals surface area contributed by atoms with Gasteiger partial charge in [-0.25, -0.2) is 0 Å². The molecule has 2 aromatic carbocycles. The van der Waals surface area contributed by atoms with Crippen molar-refractivity contribution in [2.75, 3.05) is 76.0 Å². The van der Waals surface area contributed by atoms with Crippen LogP contribution in [-0.4, -0.2) is 99.1 Å². The SMILES string of the molecule is COC(=O)CCOCCCN1CCCC1COc1nc2c(c(N3CCNC(CC#N)C3)n1)CCN(c1cccc3cccc(Cl)c13)C2. The standard InChI is InChI=1S/C35H44ClN7O4/c1-45-32(44)13-21-46-20-5-17-41-16-4-8-27(41)24-47-35-39-30-23-42(31-10-3-7-25-6-2-9-29(36)33(25)31)18-12-28(30)34(40-35)43-19-15-38-26(22-43)11-14-37/h2-3,6-7,9-10,26-27,38H,4-5,8,11-13,15-24H2,1H3. The molecule has 2 atom stereocenters. The third kappa shape index (κ3) is 8.07. The number of aromatic nitrogens is 2. The minimum absolute atomic E-state index is 0.0955. The maximum atomic E-state index is 11.3. The lowest BCUT2D eigenvalue weighted by atomic mass is 10.0. The maximum Gasteiger partial charge on any atom is 0.318 e. The number of esters is 1. The van der Waals surface area contributed by atoms with Crippen molar-refractivity contribution >= 4 is 39.8 Å². The molecule has 250 valence electrons. The summed E-state index contributed by atoms with van der Waals surface area (Å²) in [6, 6.07) is 15.5. The Balaban J connectivity index is 1.18. The van der Waals surface area contributed by atoms with Crippen molar-refractivity contribution < 1.29 is 19.0 Å². The Morgan fingerprint density at radius 1 is 1.13 bits per heavy atom. The van der Waals surface area contributed by atoms with Crippen LogP contribution in [0.15, 0.2) is 36.4 Å². The van der Waals surface area contributed by atoms with Crippen LogP contribution in [0, 0.1) is 11.3 Å². The van der Waals surface area contributed by atoms with Gasteiger partial charge in [0.05, 0.1) is 49.9 Å². The molecule has 3 aliphatic heterocycles. The van der Waals surface area contributed by atoms with Crippen molar-refractivity contribution in [2.45, 2.75) is 57.2 Å². The van der Waals surface area contributed by atoms with Gasteiger partial charge in [-0.15, -0.1) is 0 Å². The Kier molecular flexibility index (Phi) is 11.3. The van der Waals surface area contributed by atoms with E-state index < -0.39 is 0 Å². The number of fused-ring (bicyclic) bond motifs is 2. The Morgan fingerprint density at radius 3 is 2.85 bits per heavy atom. The van der Waals surface area contributed by atoms with E-state index in [9.17, 15) is 10.1 Å². The van der Waals surface area contributed by atoms with E-state index in [0.717, 1.165) is 104 Å². The van der Waals surface area contributed by atoms with E-state index in [0.29, 0.717) is 38.8 Å². The molecule has 1 N–H and O–H groups in total. The lowest BCUT2D eigenvalue weighted by Crippen LogP contribution is -2.51. The number of hydrogen-bond acceptors (Lipinski definition) is 11. The first-order valence-corrected chi connectivity index (χ1v) is 17.1. The normalized spacial score (nSPS) is 19.9. The van der Waals surface area contributed by atoms with Crippen LogP contribution in [0.2, 0.25) is 5.02 Å². The highest BCUT2D eigenvalue weighted by molar-refractivity contribution is 6.36. The van der Waals surface area contributed by atoms with Crippen molar-refractivity contribution in [3.05, 3.63) is 52.7 Å². The quantitative estimate of drug-likeness (QED) is 0.208. The van der Waals surface area contributed by atoms with Crippen LogP contribution >= 0.6 is 11.6 Å². The van der Waals surface area contributed by atoms with Gasteiger partial charge in [0.15, 0.2) is 0 Å². The summed E-state index contributed by atoms with van der Waals surface area (Å²) in [7, 11) is 1.39. The molecule has 6 rings (SSSR count). The number of halogens is 1. The van der Waals surface area contributed by atoms with Crippen molar-refractivity contribution in [1.82, 2.24) is 20.2 Å². The number of methoxy groups -OCH3 is 1. The number of ether oxygens (including phenoxy) is 3. The molecule has 11 nitrogen and oxygen atoms in total.